The highest BCUT2D eigenvalue weighted by molar-refractivity contribution is 5.92. The Morgan fingerprint density at radius 3 is 2.74 bits per heavy atom. The van der Waals surface area contributed by atoms with Crippen molar-refractivity contribution in [2.45, 2.75) is 52.5 Å². The second-order valence-corrected chi connectivity index (χ2v) is 9.86. The Kier molecular flexibility index (Phi) is 7.32. The summed E-state index contributed by atoms with van der Waals surface area (Å²) >= 11 is 0. The molecule has 180 valence electrons. The van der Waals surface area contributed by atoms with Gasteiger partial charge in [0.25, 0.3) is 0 Å². The fourth-order valence-electron chi connectivity index (χ4n) is 4.23. The number of nitrogens with one attached hydrogen (secondary N) is 1. The Bertz CT molecular complexity index is 1100. The molecule has 2 heterocycles. The first-order valence-corrected chi connectivity index (χ1v) is 12.0. The fraction of sp³-hybridized carbons (Fsp3) is 0.444. The van der Waals surface area contributed by atoms with Crippen molar-refractivity contribution in [2.24, 2.45) is 5.92 Å². The molecule has 1 aliphatic heterocycles. The fourth-order valence-corrected chi connectivity index (χ4v) is 4.23. The quantitative estimate of drug-likeness (QED) is 0.514. The van der Waals surface area contributed by atoms with Gasteiger partial charge in [-0.1, -0.05) is 56.3 Å². The molecule has 1 aliphatic rings. The molecule has 7 heteroatoms. The van der Waals surface area contributed by atoms with Crippen LogP contribution in [0.15, 0.2) is 53.1 Å². The molecule has 1 unspecified atom stereocenters. The van der Waals surface area contributed by atoms with Gasteiger partial charge >= 0.3 is 0 Å². The summed E-state index contributed by atoms with van der Waals surface area (Å²) in [5.74, 6) is 1.86. The minimum Gasteiger partial charge on any atom is -0.494 e. The molecule has 34 heavy (non-hydrogen) atoms. The third-order valence-electron chi connectivity index (χ3n) is 6.12. The van der Waals surface area contributed by atoms with Crippen molar-refractivity contribution >= 4 is 11.6 Å². The molecule has 0 radical (unpaired) electrons. The van der Waals surface area contributed by atoms with E-state index in [2.05, 4.69) is 53.3 Å². The van der Waals surface area contributed by atoms with E-state index in [1.807, 2.05) is 43.3 Å². The first kappa shape index (κ1) is 24.0. The number of hydrogen-bond acceptors (Lipinski definition) is 6. The lowest BCUT2D eigenvalue weighted by molar-refractivity contribution is -0.121. The summed E-state index contributed by atoms with van der Waals surface area (Å²) in [6, 6.07) is 15.8. The van der Waals surface area contributed by atoms with Gasteiger partial charge < -0.3 is 14.6 Å². The summed E-state index contributed by atoms with van der Waals surface area (Å²) in [6.07, 6.45) is 1.81. The number of piperidine rings is 1. The lowest BCUT2D eigenvalue weighted by atomic mass is 9.87. The molecule has 2 aromatic carbocycles. The number of rotatable bonds is 7. The number of benzene rings is 2. The van der Waals surface area contributed by atoms with Crippen molar-refractivity contribution in [1.82, 2.24) is 15.0 Å². The van der Waals surface area contributed by atoms with Crippen molar-refractivity contribution in [3.8, 4) is 17.1 Å². The summed E-state index contributed by atoms with van der Waals surface area (Å²) < 4.78 is 11.1. The summed E-state index contributed by atoms with van der Waals surface area (Å²) in [5, 5.41) is 7.21. The van der Waals surface area contributed by atoms with E-state index in [4.69, 9.17) is 9.26 Å². The van der Waals surface area contributed by atoms with Gasteiger partial charge in [0.1, 0.15) is 5.75 Å². The molecule has 0 spiro atoms. The van der Waals surface area contributed by atoms with Crippen LogP contribution in [0.2, 0.25) is 0 Å². The number of nitrogens with zero attached hydrogens (tertiary/aromatic N) is 3. The number of aromatic nitrogens is 2. The van der Waals surface area contributed by atoms with Gasteiger partial charge in [0.2, 0.25) is 17.6 Å². The van der Waals surface area contributed by atoms with E-state index >= 15 is 0 Å². The van der Waals surface area contributed by atoms with Crippen LogP contribution >= 0.6 is 0 Å². The Labute approximate surface area is 201 Å². The Balaban J connectivity index is 1.35. The van der Waals surface area contributed by atoms with Gasteiger partial charge in [-0.25, -0.2) is 0 Å². The van der Waals surface area contributed by atoms with Gasteiger partial charge in [-0.2, -0.15) is 4.98 Å². The van der Waals surface area contributed by atoms with Crippen LogP contribution in [-0.4, -0.2) is 40.6 Å². The lowest BCUT2D eigenvalue weighted by Crippen LogP contribution is -2.40. The smallest absolute Gasteiger partial charge is 0.241 e. The number of amides is 1. The number of carbonyl (C=O) groups excluding carboxylic acids is 1. The zero-order valence-electron chi connectivity index (χ0n) is 20.5. The number of likely N-dealkylation sites (tertiary alicyclic amines) is 1. The van der Waals surface area contributed by atoms with E-state index in [1.54, 1.807) is 0 Å². The van der Waals surface area contributed by atoms with Gasteiger partial charge in [-0.05, 0) is 49.4 Å². The minimum absolute atomic E-state index is 0.0310. The van der Waals surface area contributed by atoms with Crippen LogP contribution in [0, 0.1) is 5.92 Å². The topological polar surface area (TPSA) is 80.5 Å². The van der Waals surface area contributed by atoms with E-state index in [9.17, 15) is 4.79 Å². The molecule has 1 atom stereocenters. The SMILES string of the molecule is CCOc1cccc(NC(=O)C2CCCN(Cc3nc(-c4ccc(C(C)(C)C)cc4)no3)C2)c1. The van der Waals surface area contributed by atoms with Crippen molar-refractivity contribution in [3.63, 3.8) is 0 Å². The Hall–Kier alpha value is -3.19. The number of anilines is 1. The van der Waals surface area contributed by atoms with E-state index in [-0.39, 0.29) is 17.2 Å². The Morgan fingerprint density at radius 2 is 2.00 bits per heavy atom. The zero-order chi connectivity index (χ0) is 24.1. The third kappa shape index (κ3) is 6.03. The minimum atomic E-state index is -0.0863. The van der Waals surface area contributed by atoms with Crippen LogP contribution in [0.4, 0.5) is 5.69 Å². The van der Waals surface area contributed by atoms with Crippen LogP contribution in [0.3, 0.4) is 0 Å². The molecule has 7 nitrogen and oxygen atoms in total. The van der Waals surface area contributed by atoms with Crippen molar-refractivity contribution in [1.29, 1.82) is 0 Å². The van der Waals surface area contributed by atoms with Crippen LogP contribution in [0.1, 0.15) is 52.0 Å². The largest absolute Gasteiger partial charge is 0.494 e. The highest BCUT2D eigenvalue weighted by Crippen LogP contribution is 2.26. The highest BCUT2D eigenvalue weighted by atomic mass is 16.5. The summed E-state index contributed by atoms with van der Waals surface area (Å²) in [5.41, 5.74) is 3.06. The second kappa shape index (κ2) is 10.4. The molecular formula is C27H34N4O3. The number of carbonyl (C=O) groups is 1. The molecule has 0 aliphatic carbocycles. The molecule has 1 fully saturated rings. The molecule has 1 amide bonds. The van der Waals surface area contributed by atoms with Crippen molar-refractivity contribution in [3.05, 3.63) is 60.0 Å². The standard InChI is InChI=1S/C27H34N4O3/c1-5-33-23-10-6-9-22(16-23)28-26(32)20-8-7-15-31(17-20)18-24-29-25(30-34-24)19-11-13-21(14-12-19)27(2,3)4/h6,9-14,16,20H,5,7-8,15,17-18H2,1-4H3,(H,28,32). The number of hydrogen-bond donors (Lipinski definition) is 1. The van der Waals surface area contributed by atoms with Gasteiger partial charge in [0, 0.05) is 23.9 Å². The van der Waals surface area contributed by atoms with Gasteiger partial charge in [0.05, 0.1) is 19.1 Å². The van der Waals surface area contributed by atoms with Gasteiger partial charge in [0.15, 0.2) is 0 Å². The zero-order valence-corrected chi connectivity index (χ0v) is 20.5. The molecule has 0 saturated carbocycles. The van der Waals surface area contributed by atoms with Crippen LogP contribution in [0.5, 0.6) is 5.75 Å². The maximum atomic E-state index is 12.9. The summed E-state index contributed by atoms with van der Waals surface area (Å²) in [6.45, 7) is 11.2. The summed E-state index contributed by atoms with van der Waals surface area (Å²) in [4.78, 5) is 19.7. The second-order valence-electron chi connectivity index (χ2n) is 9.86. The van der Waals surface area contributed by atoms with E-state index < -0.39 is 0 Å². The van der Waals surface area contributed by atoms with E-state index in [1.165, 1.54) is 5.56 Å². The molecule has 1 saturated heterocycles. The van der Waals surface area contributed by atoms with E-state index in [0.717, 1.165) is 36.4 Å². The van der Waals surface area contributed by atoms with Crippen molar-refractivity contribution < 1.29 is 14.1 Å². The third-order valence-corrected chi connectivity index (χ3v) is 6.12. The molecule has 4 rings (SSSR count). The average Bonchev–Trinajstić information content (AvgIpc) is 3.28. The molecule has 0 bridgehead atoms. The lowest BCUT2D eigenvalue weighted by Gasteiger charge is -2.30. The van der Waals surface area contributed by atoms with E-state index in [0.29, 0.717) is 31.4 Å². The number of ether oxygens (including phenoxy) is 1. The monoisotopic (exact) mass is 462 g/mol. The van der Waals surface area contributed by atoms with Crippen LogP contribution in [-0.2, 0) is 16.8 Å². The first-order valence-electron chi connectivity index (χ1n) is 12.0. The average molecular weight is 463 g/mol. The molecule has 1 aromatic heterocycles. The molecule has 1 N–H and O–H groups in total. The first-order chi connectivity index (χ1) is 16.3. The van der Waals surface area contributed by atoms with Gasteiger partial charge in [-0.3, -0.25) is 9.69 Å². The summed E-state index contributed by atoms with van der Waals surface area (Å²) in [7, 11) is 0. The van der Waals surface area contributed by atoms with Gasteiger partial charge in [-0.15, -0.1) is 0 Å². The normalized spacial score (nSPS) is 16.9. The highest BCUT2D eigenvalue weighted by Gasteiger charge is 2.27. The molecule has 3 aromatic rings. The van der Waals surface area contributed by atoms with Crippen molar-refractivity contribution in [2.75, 3.05) is 25.0 Å². The van der Waals surface area contributed by atoms with Crippen LogP contribution in [0.25, 0.3) is 11.4 Å². The van der Waals surface area contributed by atoms with Crippen LogP contribution < -0.4 is 10.1 Å². The Morgan fingerprint density at radius 1 is 1.21 bits per heavy atom. The predicted octanol–water partition coefficient (Wildman–Crippen LogP) is 5.28. The predicted molar refractivity (Wildman–Crippen MR) is 133 cm³/mol. The molecular weight excluding hydrogens is 428 g/mol. The maximum absolute atomic E-state index is 12.9. The maximum Gasteiger partial charge on any atom is 0.241 e.